The van der Waals surface area contributed by atoms with Crippen molar-refractivity contribution in [3.63, 3.8) is 0 Å². The number of allylic oxidation sites excluding steroid dienone is 4. The molecule has 0 saturated heterocycles. The Morgan fingerprint density at radius 1 is 1.24 bits per heavy atom. The number of esters is 1. The van der Waals surface area contributed by atoms with Crippen LogP contribution in [0.15, 0.2) is 23.8 Å². The molecule has 5 nitrogen and oxygen atoms in total. The number of hydrogen-bond donors (Lipinski definition) is 1. The molecule has 4 rings (SSSR count). The number of ether oxygens (including phenoxy) is 1. The Kier molecular flexibility index (Phi) is 7.19. The van der Waals surface area contributed by atoms with Gasteiger partial charge in [-0.25, -0.2) is 0 Å². The number of halogens is 1. The summed E-state index contributed by atoms with van der Waals surface area (Å²) in [6.45, 7) is 7.87. The molecule has 0 heterocycles. The van der Waals surface area contributed by atoms with Gasteiger partial charge in [-0.3, -0.25) is 14.4 Å². The fourth-order valence-electron chi connectivity index (χ4n) is 7.81. The zero-order chi connectivity index (χ0) is 24.8. The highest BCUT2D eigenvalue weighted by Crippen LogP contribution is 2.66. The molecule has 4 aliphatic carbocycles. The van der Waals surface area contributed by atoms with Crippen LogP contribution in [0.3, 0.4) is 0 Å². The molecule has 3 fully saturated rings. The smallest absolute Gasteiger partial charge is 0.311 e. The summed E-state index contributed by atoms with van der Waals surface area (Å²) in [7, 11) is 0. The number of ketones is 2. The van der Waals surface area contributed by atoms with Gasteiger partial charge >= 0.3 is 5.97 Å². The highest BCUT2D eigenvalue weighted by atomic mass is 35.5. The van der Waals surface area contributed by atoms with Crippen molar-refractivity contribution in [3.8, 4) is 0 Å². The third-order valence-electron chi connectivity index (χ3n) is 9.82. The Morgan fingerprint density at radius 3 is 2.68 bits per heavy atom. The zero-order valence-electron chi connectivity index (χ0n) is 20.9. The molecule has 0 spiro atoms. The van der Waals surface area contributed by atoms with Crippen LogP contribution in [0.4, 0.5) is 0 Å². The number of alkyl halides is 1. The minimum Gasteiger partial charge on any atom is -0.457 e. The molecule has 9 atom stereocenters. The van der Waals surface area contributed by atoms with Crippen LogP contribution >= 0.6 is 11.6 Å². The number of hydrogen-bond acceptors (Lipinski definition) is 5. The van der Waals surface area contributed by atoms with Crippen molar-refractivity contribution in [2.45, 2.75) is 84.1 Å². The lowest BCUT2D eigenvalue weighted by Gasteiger charge is -2.57. The maximum absolute atomic E-state index is 13.3. The summed E-state index contributed by atoms with van der Waals surface area (Å²) in [5, 5.41) is 9.93. The van der Waals surface area contributed by atoms with E-state index >= 15 is 0 Å². The summed E-state index contributed by atoms with van der Waals surface area (Å²) in [4.78, 5) is 37.7. The molecule has 0 bridgehead atoms. The van der Waals surface area contributed by atoms with Gasteiger partial charge in [-0.1, -0.05) is 33.3 Å². The monoisotopic (exact) mass is 490 g/mol. The molecular weight excluding hydrogens is 452 g/mol. The van der Waals surface area contributed by atoms with Gasteiger partial charge in [-0.05, 0) is 86.3 Å². The summed E-state index contributed by atoms with van der Waals surface area (Å²) in [5.41, 5.74) is 0.737. The molecule has 2 unspecified atom stereocenters. The Balaban J connectivity index is 1.45. The van der Waals surface area contributed by atoms with Crippen LogP contribution in [-0.2, 0) is 19.1 Å². The van der Waals surface area contributed by atoms with Crippen molar-refractivity contribution < 1.29 is 24.2 Å². The van der Waals surface area contributed by atoms with Gasteiger partial charge in [0.2, 0.25) is 0 Å². The summed E-state index contributed by atoms with van der Waals surface area (Å²) in [5.74, 6) is -0.000178. The number of fused-ring (bicyclic) bond motifs is 5. The third-order valence-corrected chi connectivity index (χ3v) is 10.2. The van der Waals surface area contributed by atoms with Gasteiger partial charge in [-0.15, -0.1) is 11.6 Å². The maximum atomic E-state index is 13.3. The first-order chi connectivity index (χ1) is 16.0. The van der Waals surface area contributed by atoms with Crippen LogP contribution in [0.1, 0.15) is 72.6 Å². The minimum absolute atomic E-state index is 0.00201. The Morgan fingerprint density at radius 2 is 1.97 bits per heavy atom. The quantitative estimate of drug-likeness (QED) is 0.399. The lowest BCUT2D eigenvalue weighted by molar-refractivity contribution is -0.157. The van der Waals surface area contributed by atoms with Gasteiger partial charge in [0.1, 0.15) is 6.61 Å². The summed E-state index contributed by atoms with van der Waals surface area (Å²) in [6.07, 6.45) is 10.7. The SMILES string of the molecule is CCCC(O)C(C)C(=O)OCC(=O)[C@H]1CC[C@H]2[C@@H]3C[C@H](Cl)C4=CC(=O)C=C[C@]4(C)[C@H]3CC[C@]12C. The van der Waals surface area contributed by atoms with Crippen LogP contribution in [-0.4, -0.2) is 40.7 Å². The number of rotatable bonds is 7. The molecule has 0 aromatic heterocycles. The summed E-state index contributed by atoms with van der Waals surface area (Å²) in [6, 6.07) is 0. The van der Waals surface area contributed by atoms with Crippen molar-refractivity contribution in [1.82, 2.24) is 0 Å². The fraction of sp³-hybridized carbons (Fsp3) is 0.750. The molecule has 0 aromatic carbocycles. The highest BCUT2D eigenvalue weighted by molar-refractivity contribution is 6.23. The van der Waals surface area contributed by atoms with E-state index in [0.717, 1.165) is 44.1 Å². The van der Waals surface area contributed by atoms with Crippen molar-refractivity contribution in [1.29, 1.82) is 0 Å². The second kappa shape index (κ2) is 9.54. The summed E-state index contributed by atoms with van der Waals surface area (Å²) < 4.78 is 5.37. The van der Waals surface area contributed by atoms with Crippen LogP contribution in [0, 0.1) is 40.4 Å². The van der Waals surface area contributed by atoms with Gasteiger partial charge in [0.15, 0.2) is 11.6 Å². The van der Waals surface area contributed by atoms with Gasteiger partial charge < -0.3 is 9.84 Å². The van der Waals surface area contributed by atoms with E-state index in [2.05, 4.69) is 19.9 Å². The first-order valence-corrected chi connectivity index (χ1v) is 13.4. The maximum Gasteiger partial charge on any atom is 0.311 e. The van der Waals surface area contributed by atoms with Gasteiger partial charge in [0, 0.05) is 11.3 Å². The van der Waals surface area contributed by atoms with E-state index in [1.54, 1.807) is 19.1 Å². The standard InChI is InChI=1S/C28H39ClO5/c1-5-6-24(31)16(2)26(33)34-15-25(32)21-8-7-19-18-14-23(29)22-13-17(30)9-11-28(22,4)20(18)10-12-27(19,21)3/h9,11,13,16,18-21,23-24,31H,5-8,10,12,14-15H2,1-4H3/t16?,18-,19-,20-,21+,23-,24?,27-,28+/m0/s1. The lowest BCUT2D eigenvalue weighted by Crippen LogP contribution is -2.52. The van der Waals surface area contributed by atoms with Crippen LogP contribution in [0.2, 0.25) is 0 Å². The van der Waals surface area contributed by atoms with E-state index in [-0.39, 0.29) is 40.3 Å². The van der Waals surface area contributed by atoms with E-state index in [4.69, 9.17) is 16.3 Å². The van der Waals surface area contributed by atoms with E-state index in [0.29, 0.717) is 24.2 Å². The Hall–Kier alpha value is -1.46. The second-order valence-corrected chi connectivity index (χ2v) is 12.1. The molecule has 34 heavy (non-hydrogen) atoms. The van der Waals surface area contributed by atoms with Crippen molar-refractivity contribution in [2.75, 3.05) is 6.61 Å². The number of carbonyl (C=O) groups excluding carboxylic acids is 3. The van der Waals surface area contributed by atoms with Crippen LogP contribution in [0.5, 0.6) is 0 Å². The van der Waals surface area contributed by atoms with E-state index < -0.39 is 18.0 Å². The zero-order valence-corrected chi connectivity index (χ0v) is 21.6. The molecule has 0 aromatic rings. The molecule has 0 amide bonds. The third kappa shape index (κ3) is 4.21. The van der Waals surface area contributed by atoms with Gasteiger partial charge in [0.25, 0.3) is 0 Å². The molecular formula is C28H39ClO5. The number of Topliss-reactive ketones (excluding diaryl/α,β-unsaturated/α-hetero) is 1. The largest absolute Gasteiger partial charge is 0.457 e. The molecule has 6 heteroatoms. The van der Waals surface area contributed by atoms with E-state index in [1.807, 2.05) is 6.92 Å². The normalized spacial score (nSPS) is 40.5. The molecule has 3 saturated carbocycles. The predicted octanol–water partition coefficient (Wildman–Crippen LogP) is 5.04. The molecule has 0 radical (unpaired) electrons. The second-order valence-electron chi connectivity index (χ2n) is 11.6. The highest BCUT2D eigenvalue weighted by Gasteiger charge is 2.61. The minimum atomic E-state index is -0.740. The average molecular weight is 491 g/mol. The average Bonchev–Trinajstić information content (AvgIpc) is 3.15. The predicted molar refractivity (Wildman–Crippen MR) is 131 cm³/mol. The first kappa shape index (κ1) is 25.6. The number of carbonyl (C=O) groups is 3. The molecule has 1 N–H and O–H groups in total. The van der Waals surface area contributed by atoms with E-state index in [1.165, 1.54) is 0 Å². The number of aliphatic hydroxyl groups is 1. The van der Waals surface area contributed by atoms with Gasteiger partial charge in [-0.2, -0.15) is 0 Å². The number of aliphatic hydroxyl groups excluding tert-OH is 1. The topological polar surface area (TPSA) is 80.7 Å². The Labute approximate surface area is 208 Å². The first-order valence-electron chi connectivity index (χ1n) is 13.0. The molecule has 188 valence electrons. The van der Waals surface area contributed by atoms with Crippen molar-refractivity contribution in [3.05, 3.63) is 23.8 Å². The van der Waals surface area contributed by atoms with Crippen LogP contribution in [0.25, 0.3) is 0 Å². The lowest BCUT2D eigenvalue weighted by atomic mass is 9.47. The Bertz CT molecular complexity index is 908. The van der Waals surface area contributed by atoms with Gasteiger partial charge in [0.05, 0.1) is 17.4 Å². The molecule has 4 aliphatic rings. The van der Waals surface area contributed by atoms with Crippen LogP contribution < -0.4 is 0 Å². The summed E-state index contributed by atoms with van der Waals surface area (Å²) >= 11 is 6.86. The van der Waals surface area contributed by atoms with Crippen molar-refractivity contribution in [2.24, 2.45) is 40.4 Å². The van der Waals surface area contributed by atoms with E-state index in [9.17, 15) is 19.5 Å². The fourth-order valence-corrected chi connectivity index (χ4v) is 8.31. The van der Waals surface area contributed by atoms with Crippen molar-refractivity contribution >= 4 is 29.1 Å². The molecule has 0 aliphatic heterocycles.